The van der Waals surface area contributed by atoms with Gasteiger partial charge in [-0.1, -0.05) is 6.92 Å². The van der Waals surface area contributed by atoms with Gasteiger partial charge in [-0.2, -0.15) is 0 Å². The maximum atomic E-state index is 8.35. The van der Waals surface area contributed by atoms with Crippen molar-refractivity contribution in [3.05, 3.63) is 18.2 Å². The van der Waals surface area contributed by atoms with Crippen LogP contribution in [0.1, 0.15) is 12.7 Å². The van der Waals surface area contributed by atoms with Gasteiger partial charge in [0.1, 0.15) is 5.82 Å². The van der Waals surface area contributed by atoms with E-state index in [0.717, 1.165) is 18.3 Å². The molecular formula is C6H9N3O. The zero-order chi connectivity index (χ0) is 7.82. The molecule has 0 aliphatic carbocycles. The average molecular weight is 139 g/mol. The molecule has 1 aromatic rings. The summed E-state index contributed by atoms with van der Waals surface area (Å²) in [7, 11) is 0. The number of carbonyl (C=O) groups excluding carboxylic acids is 1. The fraction of sp³-hybridized carbons (Fsp3) is 0.333. The zero-order valence-corrected chi connectivity index (χ0v) is 5.72. The second kappa shape index (κ2) is 5.72. The molecule has 0 atom stereocenters. The highest BCUT2D eigenvalue weighted by Gasteiger charge is 1.82. The lowest BCUT2D eigenvalue weighted by Crippen LogP contribution is -1.78. The first-order chi connectivity index (χ1) is 4.85. The van der Waals surface area contributed by atoms with E-state index in [1.54, 1.807) is 6.20 Å². The van der Waals surface area contributed by atoms with Crippen molar-refractivity contribution in [2.75, 3.05) is 0 Å². The Morgan fingerprint density at radius 1 is 1.90 bits per heavy atom. The quantitative estimate of drug-likeness (QED) is 0.447. The fourth-order valence-electron chi connectivity index (χ4n) is 0.491. The van der Waals surface area contributed by atoms with Crippen molar-refractivity contribution in [3.8, 4) is 0 Å². The van der Waals surface area contributed by atoms with Gasteiger partial charge < -0.3 is 4.98 Å². The summed E-state index contributed by atoms with van der Waals surface area (Å²) in [5.41, 5.74) is 0. The van der Waals surface area contributed by atoms with Crippen LogP contribution < -0.4 is 0 Å². The topological polar surface area (TPSA) is 69.6 Å². The van der Waals surface area contributed by atoms with Gasteiger partial charge in [-0.3, -0.25) is 0 Å². The lowest BCUT2D eigenvalue weighted by Gasteiger charge is -1.79. The van der Waals surface area contributed by atoms with Crippen LogP contribution >= 0.6 is 0 Å². The van der Waals surface area contributed by atoms with Gasteiger partial charge in [0.2, 0.25) is 6.08 Å². The van der Waals surface area contributed by atoms with E-state index in [0.29, 0.717) is 0 Å². The third kappa shape index (κ3) is 3.57. The van der Waals surface area contributed by atoms with E-state index in [9.17, 15) is 0 Å². The Morgan fingerprint density at radius 3 is 2.70 bits per heavy atom. The maximum absolute atomic E-state index is 8.35. The first-order valence-electron chi connectivity index (χ1n) is 2.87. The summed E-state index contributed by atoms with van der Waals surface area (Å²) in [5.74, 6) is 1.06. The summed E-state index contributed by atoms with van der Waals surface area (Å²) in [6.45, 7) is 2.07. The van der Waals surface area contributed by atoms with Crippen LogP contribution in [0.25, 0.3) is 0 Å². The van der Waals surface area contributed by atoms with Crippen molar-refractivity contribution in [3.63, 3.8) is 0 Å². The summed E-state index contributed by atoms with van der Waals surface area (Å²) in [5, 5.41) is 5.40. The molecule has 4 heteroatoms. The number of rotatable bonds is 1. The van der Waals surface area contributed by atoms with E-state index < -0.39 is 0 Å². The van der Waals surface area contributed by atoms with Crippen LogP contribution in [0.5, 0.6) is 0 Å². The molecule has 10 heavy (non-hydrogen) atoms. The first-order valence-corrected chi connectivity index (χ1v) is 2.87. The monoisotopic (exact) mass is 139 g/mol. The summed E-state index contributed by atoms with van der Waals surface area (Å²) in [4.78, 5) is 15.3. The molecule has 2 N–H and O–H groups in total. The molecule has 4 nitrogen and oxygen atoms in total. The summed E-state index contributed by atoms with van der Waals surface area (Å²) < 4.78 is 0. The summed E-state index contributed by atoms with van der Waals surface area (Å²) in [6.07, 6.45) is 5.34. The maximum Gasteiger partial charge on any atom is 0.231 e. The molecule has 0 unspecified atom stereocenters. The third-order valence-electron chi connectivity index (χ3n) is 0.890. The number of aromatic amines is 1. The van der Waals surface area contributed by atoms with Crippen LogP contribution in [0.15, 0.2) is 12.4 Å². The second-order valence-electron chi connectivity index (χ2n) is 1.49. The van der Waals surface area contributed by atoms with Crippen LogP contribution in [-0.2, 0) is 11.2 Å². The Balaban J connectivity index is 0.000000236. The number of nitrogens with one attached hydrogen (secondary N) is 2. The minimum atomic E-state index is 0.750. The van der Waals surface area contributed by atoms with Crippen molar-refractivity contribution in [1.82, 2.24) is 9.97 Å². The third-order valence-corrected chi connectivity index (χ3v) is 0.890. The molecule has 0 spiro atoms. The van der Waals surface area contributed by atoms with E-state index in [1.165, 1.54) is 0 Å². The van der Waals surface area contributed by atoms with E-state index in [-0.39, 0.29) is 0 Å². The van der Waals surface area contributed by atoms with E-state index >= 15 is 0 Å². The highest BCUT2D eigenvalue weighted by atomic mass is 16.1. The van der Waals surface area contributed by atoms with Crippen LogP contribution in [-0.4, -0.2) is 16.0 Å². The molecule has 0 fully saturated rings. The molecular weight excluding hydrogens is 130 g/mol. The van der Waals surface area contributed by atoms with Crippen molar-refractivity contribution in [2.45, 2.75) is 13.3 Å². The van der Waals surface area contributed by atoms with Gasteiger partial charge >= 0.3 is 0 Å². The lowest BCUT2D eigenvalue weighted by molar-refractivity contribution is 0.563. The normalized spacial score (nSPS) is 7.30. The van der Waals surface area contributed by atoms with E-state index in [2.05, 4.69) is 16.9 Å². The highest BCUT2D eigenvalue weighted by molar-refractivity contribution is 5.26. The minimum Gasteiger partial charge on any atom is -0.349 e. The highest BCUT2D eigenvalue weighted by Crippen LogP contribution is 1.85. The molecule has 0 saturated carbocycles. The number of imidazole rings is 1. The van der Waals surface area contributed by atoms with Gasteiger partial charge in [0.15, 0.2) is 0 Å². The molecule has 1 aromatic heterocycles. The van der Waals surface area contributed by atoms with Crippen molar-refractivity contribution < 1.29 is 4.79 Å². The number of H-pyrrole nitrogens is 1. The fourth-order valence-corrected chi connectivity index (χ4v) is 0.491. The van der Waals surface area contributed by atoms with Crippen LogP contribution in [0.4, 0.5) is 0 Å². The predicted octanol–water partition coefficient (Wildman–Crippen LogP) is 0.873. The van der Waals surface area contributed by atoms with Gasteiger partial charge in [0.05, 0.1) is 0 Å². The lowest BCUT2D eigenvalue weighted by atomic mass is 10.5. The smallest absolute Gasteiger partial charge is 0.231 e. The molecule has 0 bridgehead atoms. The standard InChI is InChI=1S/C5H8N2.CHNO/c1-2-5-6-3-4-7-5;2-1-3/h3-4H,2H2,1H3,(H,6,7);2H. The molecule has 1 heterocycles. The number of hydrogen-bond donors (Lipinski definition) is 2. The van der Waals surface area contributed by atoms with Gasteiger partial charge in [-0.15, -0.1) is 0 Å². The Bertz CT molecular complexity index is 187. The molecule has 0 amide bonds. The van der Waals surface area contributed by atoms with E-state index in [1.807, 2.05) is 6.20 Å². The number of aromatic nitrogens is 2. The van der Waals surface area contributed by atoms with Crippen LogP contribution in [0.2, 0.25) is 0 Å². The Kier molecular flexibility index (Phi) is 4.91. The van der Waals surface area contributed by atoms with Gasteiger partial charge in [0, 0.05) is 18.8 Å². The Hall–Kier alpha value is -1.41. The van der Waals surface area contributed by atoms with Crippen LogP contribution in [0, 0.1) is 5.41 Å². The minimum absolute atomic E-state index is 0.750. The van der Waals surface area contributed by atoms with Gasteiger partial charge in [0.25, 0.3) is 0 Å². The molecule has 0 aromatic carbocycles. The Morgan fingerprint density at radius 2 is 2.50 bits per heavy atom. The zero-order valence-electron chi connectivity index (χ0n) is 5.72. The van der Waals surface area contributed by atoms with E-state index in [4.69, 9.17) is 10.2 Å². The second-order valence-corrected chi connectivity index (χ2v) is 1.49. The molecule has 0 saturated heterocycles. The number of isocyanates is 1. The predicted molar refractivity (Wildman–Crippen MR) is 36.4 cm³/mol. The molecule has 0 radical (unpaired) electrons. The number of nitrogens with zero attached hydrogens (tertiary/aromatic N) is 1. The van der Waals surface area contributed by atoms with Crippen LogP contribution in [0.3, 0.4) is 0 Å². The summed E-state index contributed by atoms with van der Waals surface area (Å²) in [6, 6.07) is 0. The number of aryl methyl sites for hydroxylation is 1. The average Bonchev–Trinajstić information content (AvgIpc) is 2.39. The summed E-state index contributed by atoms with van der Waals surface area (Å²) >= 11 is 0. The van der Waals surface area contributed by atoms with Crippen molar-refractivity contribution >= 4 is 6.08 Å². The number of hydrogen-bond acceptors (Lipinski definition) is 3. The van der Waals surface area contributed by atoms with Crippen molar-refractivity contribution in [1.29, 1.82) is 5.41 Å². The van der Waals surface area contributed by atoms with Gasteiger partial charge in [-0.05, 0) is 0 Å². The van der Waals surface area contributed by atoms with Gasteiger partial charge in [-0.25, -0.2) is 15.2 Å². The SMILES string of the molecule is CCc1ncc[nH]1.N=C=O. The molecule has 54 valence electrons. The largest absolute Gasteiger partial charge is 0.349 e. The molecule has 0 aliphatic rings. The molecule has 0 aliphatic heterocycles. The van der Waals surface area contributed by atoms with Crippen molar-refractivity contribution in [2.24, 2.45) is 0 Å². The molecule has 1 rings (SSSR count). The first kappa shape index (κ1) is 8.59. The Labute approximate surface area is 58.8 Å².